The first-order valence-electron chi connectivity index (χ1n) is 14.7. The summed E-state index contributed by atoms with van der Waals surface area (Å²) in [5, 5.41) is 5.45. The van der Waals surface area contributed by atoms with Gasteiger partial charge in [0.05, 0.1) is 7.36 Å². The fourth-order valence-corrected chi connectivity index (χ4v) is 4.72. The Morgan fingerprint density at radius 2 is 1.00 bits per heavy atom. The summed E-state index contributed by atoms with van der Waals surface area (Å²) in [7, 11) is 2.12. The summed E-state index contributed by atoms with van der Waals surface area (Å²) in [4.78, 5) is 92.5. The molecule has 7 amide bonds. The summed E-state index contributed by atoms with van der Waals surface area (Å²) in [5.41, 5.74) is 5.21. The molecule has 0 saturated carbocycles. The summed E-state index contributed by atoms with van der Waals surface area (Å²) < 4.78 is 0. The Kier molecular flexibility index (Phi) is 35.0. The van der Waals surface area contributed by atoms with Crippen LogP contribution in [0.25, 0.3) is 0 Å². The number of nitrogens with two attached hydrogens (primary N) is 1. The number of hydrogen-bond acceptors (Lipinski definition) is 11. The van der Waals surface area contributed by atoms with Crippen LogP contribution in [0.2, 0.25) is 0 Å². The molecule has 282 valence electrons. The highest BCUT2D eigenvalue weighted by Crippen LogP contribution is 2.14. The first-order valence-corrected chi connectivity index (χ1v) is 21.1. The van der Waals surface area contributed by atoms with Crippen molar-refractivity contribution in [1.82, 2.24) is 20.4 Å². The number of imide groups is 2. The van der Waals surface area contributed by atoms with Crippen molar-refractivity contribution in [3.8, 4) is 0 Å². The minimum Gasteiger partial charge on any atom is -0.369 e. The molecule has 4 N–H and O–H groups in total. The zero-order valence-corrected chi connectivity index (χ0v) is 31.4. The first kappa shape index (κ1) is 54.2. The molecule has 2 unspecified atom stereocenters. The molecule has 0 aromatic carbocycles. The smallest absolute Gasteiger partial charge is 0.253 e. The van der Waals surface area contributed by atoms with Crippen LogP contribution >= 0.6 is 21.4 Å². The fraction of sp³-hybridized carbons (Fsp3) is 0.613. The van der Waals surface area contributed by atoms with Crippen molar-refractivity contribution in [1.29, 1.82) is 0 Å². The van der Waals surface area contributed by atoms with Crippen LogP contribution in [0.15, 0.2) is 24.3 Å². The molecule has 0 fully saturated rings. The van der Waals surface area contributed by atoms with E-state index in [1.54, 1.807) is 6.92 Å². The number of hydrogen-bond donors (Lipinski definition) is 3. The number of carbonyl (C=O) groups excluding carboxylic acids is 8. The van der Waals surface area contributed by atoms with Gasteiger partial charge in [-0.05, 0) is 61.1 Å². The molecular weight excluding hydrogens is 759 g/mol. The number of amides is 7. The minimum atomic E-state index is -0.381. The highest BCUT2D eigenvalue weighted by molar-refractivity contribution is 8.40. The zero-order chi connectivity index (χ0) is 35.8. The van der Waals surface area contributed by atoms with Crippen LogP contribution < -0.4 is 16.4 Å². The lowest BCUT2D eigenvalue weighted by Crippen LogP contribution is -2.35. The van der Waals surface area contributed by atoms with Crippen LogP contribution in [0, 0.1) is 11.8 Å². The molecule has 2 aliphatic heterocycles. The minimum absolute atomic E-state index is 0. The van der Waals surface area contributed by atoms with E-state index in [1.165, 1.54) is 24.3 Å². The van der Waals surface area contributed by atoms with Gasteiger partial charge < -0.3 is 16.4 Å². The largest absolute Gasteiger partial charge is 0.369 e. The van der Waals surface area contributed by atoms with Crippen molar-refractivity contribution in [2.75, 3.05) is 26.2 Å². The lowest BCUT2D eigenvalue weighted by atomic mass is 10.0. The maximum Gasteiger partial charge on any atom is 0.253 e. The Bertz CT molecular complexity index is 1210. The molecule has 2 aliphatic rings. The fourth-order valence-electron chi connectivity index (χ4n) is 3.87. The average molecular weight is 812 g/mol. The van der Waals surface area contributed by atoms with Gasteiger partial charge in [-0.2, -0.15) is 0 Å². The van der Waals surface area contributed by atoms with Crippen molar-refractivity contribution in [2.24, 2.45) is 17.6 Å². The molecule has 0 saturated heterocycles. The molecular formula is C31H52N5O8P3S3. The summed E-state index contributed by atoms with van der Waals surface area (Å²) in [5.74, 6) is -2.41. The lowest BCUT2D eigenvalue weighted by Gasteiger charge is -2.13. The number of rotatable bonds is 20. The molecule has 0 radical (unpaired) electrons. The Hall–Kier alpha value is -2.60. The van der Waals surface area contributed by atoms with Gasteiger partial charge in [0, 0.05) is 89.2 Å². The molecule has 2 rings (SSSR count). The third-order valence-electron chi connectivity index (χ3n) is 6.73. The van der Waals surface area contributed by atoms with E-state index in [0.29, 0.717) is 26.9 Å². The second kappa shape index (κ2) is 32.3. The summed E-state index contributed by atoms with van der Waals surface area (Å²) in [6, 6.07) is 0. The quantitative estimate of drug-likeness (QED) is 0.0892. The van der Waals surface area contributed by atoms with Gasteiger partial charge in [0.1, 0.15) is 0 Å². The van der Waals surface area contributed by atoms with Crippen molar-refractivity contribution in [3.63, 3.8) is 0 Å². The highest BCUT2D eigenvalue weighted by atomic mass is 32.7. The average Bonchev–Trinajstić information content (AvgIpc) is 3.55. The number of primary amides is 1. The van der Waals surface area contributed by atoms with Crippen LogP contribution in [0.1, 0.15) is 87.5 Å². The number of nitrogens with zero attached hydrogens (tertiary/aromatic N) is 2. The standard InChI is InChI=1S/C14H21N3O4.C14H19N2O4PS.3CH4.P2S2/c1-10(14(15)21)4-2-3-8-16-11(18)7-9-17-12(19)5-6-13(17)20;1-10(14(20)21-22)4-2-3-8-15-11(17)7-9-16-12(18)5-6-13(16)19;;;;3-1-2-4/h5-6,10H,2-4,7-9H2,1H3,(H2,15,21)(H,16,18);5-6,10H,2-4,7-9H2,1H3,(H,15,17);3*1H4;. The van der Waals surface area contributed by atoms with Gasteiger partial charge in [-0.15, -0.1) is 0 Å². The first-order chi connectivity index (χ1) is 22.3. The molecule has 13 nitrogen and oxygen atoms in total. The summed E-state index contributed by atoms with van der Waals surface area (Å²) in [6.07, 6.45) is 9.63. The van der Waals surface area contributed by atoms with Gasteiger partial charge >= 0.3 is 0 Å². The van der Waals surface area contributed by atoms with Crippen LogP contribution in [-0.2, 0) is 73.8 Å². The Balaban J connectivity index is -0.000000362. The second-order valence-electron chi connectivity index (χ2n) is 10.3. The van der Waals surface area contributed by atoms with Crippen molar-refractivity contribution >= 4 is 104 Å². The van der Waals surface area contributed by atoms with E-state index in [9.17, 15) is 38.4 Å². The van der Waals surface area contributed by atoms with Crippen molar-refractivity contribution < 1.29 is 38.4 Å². The van der Waals surface area contributed by atoms with Crippen LogP contribution in [0.5, 0.6) is 0 Å². The Morgan fingerprint density at radius 3 is 1.30 bits per heavy atom. The van der Waals surface area contributed by atoms with Crippen molar-refractivity contribution in [3.05, 3.63) is 24.3 Å². The van der Waals surface area contributed by atoms with Crippen LogP contribution in [0.4, 0.5) is 0 Å². The zero-order valence-electron chi connectivity index (χ0n) is 26.3. The predicted octanol–water partition coefficient (Wildman–Crippen LogP) is 4.49. The number of carbonyl (C=O) groups is 8. The molecule has 0 spiro atoms. The van der Waals surface area contributed by atoms with Gasteiger partial charge in [0.15, 0.2) is 5.52 Å². The monoisotopic (exact) mass is 811 g/mol. The van der Waals surface area contributed by atoms with Crippen LogP contribution in [0.3, 0.4) is 0 Å². The van der Waals surface area contributed by atoms with E-state index in [2.05, 4.69) is 46.1 Å². The normalized spacial score (nSPS) is 14.0. The van der Waals surface area contributed by atoms with Gasteiger partial charge in [-0.1, -0.05) is 49.0 Å². The predicted molar refractivity (Wildman–Crippen MR) is 210 cm³/mol. The maximum absolute atomic E-state index is 11.6. The molecule has 0 aliphatic carbocycles. The number of nitrogens with one attached hydrogen (secondary N) is 2. The van der Waals surface area contributed by atoms with Crippen molar-refractivity contribution in [2.45, 2.75) is 87.5 Å². The van der Waals surface area contributed by atoms with Crippen LogP contribution in [-0.4, -0.2) is 82.9 Å². The Morgan fingerprint density at radius 1 is 0.660 bits per heavy atom. The molecule has 50 heavy (non-hydrogen) atoms. The summed E-state index contributed by atoms with van der Waals surface area (Å²) >= 11 is 13.5. The topological polar surface area (TPSA) is 193 Å². The van der Waals surface area contributed by atoms with Gasteiger partial charge in [0.25, 0.3) is 23.6 Å². The molecule has 19 heteroatoms. The molecule has 2 atom stereocenters. The van der Waals surface area contributed by atoms with E-state index < -0.39 is 0 Å². The van der Waals surface area contributed by atoms with E-state index in [0.717, 1.165) is 56.0 Å². The van der Waals surface area contributed by atoms with E-state index in [1.807, 2.05) is 6.92 Å². The van der Waals surface area contributed by atoms with E-state index >= 15 is 0 Å². The molecule has 0 aromatic heterocycles. The van der Waals surface area contributed by atoms with Gasteiger partial charge in [-0.25, -0.2) is 0 Å². The molecule has 0 aromatic rings. The van der Waals surface area contributed by atoms with Gasteiger partial charge in [0.2, 0.25) is 17.7 Å². The summed E-state index contributed by atoms with van der Waals surface area (Å²) in [6.45, 7) is 4.85. The Labute approximate surface area is 316 Å². The maximum atomic E-state index is 11.6. The SMILES string of the molecule is C.C.C.CC(CCCCNC(=O)CCN1C(=O)C=CC1=O)C(=O)P=S.CC(CCCCNC(=O)CCN1C(=O)C=CC1=O)C(N)=O.S=PP=S. The molecule has 0 bridgehead atoms. The highest BCUT2D eigenvalue weighted by Gasteiger charge is 2.24. The number of unbranched alkanes of at least 4 members (excludes halogenated alkanes) is 2. The second-order valence-corrected chi connectivity index (χ2v) is 15.7. The van der Waals surface area contributed by atoms with E-state index in [-0.39, 0.29) is 107 Å². The third-order valence-corrected chi connectivity index (χ3v) is 10.6. The van der Waals surface area contributed by atoms with Gasteiger partial charge in [-0.3, -0.25) is 48.2 Å². The lowest BCUT2D eigenvalue weighted by molar-refractivity contribution is -0.139. The van der Waals surface area contributed by atoms with E-state index in [4.69, 9.17) is 5.73 Å². The third kappa shape index (κ3) is 24.5. The molecule has 2 heterocycles.